The van der Waals surface area contributed by atoms with E-state index < -0.39 is 0 Å². The second-order valence-electron chi connectivity index (χ2n) is 4.73. The van der Waals surface area contributed by atoms with E-state index in [-0.39, 0.29) is 0 Å². The van der Waals surface area contributed by atoms with E-state index in [1.807, 2.05) is 0 Å². The van der Waals surface area contributed by atoms with E-state index in [1.165, 1.54) is 24.9 Å². The van der Waals surface area contributed by atoms with Crippen LogP contribution in [0.2, 0.25) is 0 Å². The number of aryl methyl sites for hydroxylation is 2. The van der Waals surface area contributed by atoms with Crippen LogP contribution < -0.4 is 10.2 Å². The van der Waals surface area contributed by atoms with Crippen molar-refractivity contribution < 1.29 is 0 Å². The van der Waals surface area contributed by atoms with Crippen LogP contribution in [0.4, 0.5) is 5.69 Å². The van der Waals surface area contributed by atoms with Crippen molar-refractivity contribution in [3.8, 4) is 0 Å². The molecule has 0 radical (unpaired) electrons. The highest BCUT2D eigenvalue weighted by molar-refractivity contribution is 5.52. The van der Waals surface area contributed by atoms with Gasteiger partial charge in [-0.1, -0.05) is 6.07 Å². The molecule has 0 atom stereocenters. The molecule has 1 N–H and O–H groups in total. The van der Waals surface area contributed by atoms with Gasteiger partial charge in [-0.3, -0.25) is 0 Å². The number of anilines is 1. The Labute approximate surface area is 91.3 Å². The maximum absolute atomic E-state index is 3.32. The summed E-state index contributed by atoms with van der Waals surface area (Å²) in [6, 6.07) is 7.69. The summed E-state index contributed by atoms with van der Waals surface area (Å²) in [4.78, 5) is 2.41. The fourth-order valence-electron chi connectivity index (χ4n) is 2.54. The topological polar surface area (TPSA) is 15.3 Å². The average Bonchev–Trinajstić information content (AvgIpc) is 2.61. The molecule has 80 valence electrons. The lowest BCUT2D eigenvalue weighted by atomic mass is 10.1. The van der Waals surface area contributed by atoms with E-state index in [9.17, 15) is 0 Å². The van der Waals surface area contributed by atoms with Crippen molar-refractivity contribution in [1.29, 1.82) is 0 Å². The van der Waals surface area contributed by atoms with Gasteiger partial charge in [0.2, 0.25) is 0 Å². The van der Waals surface area contributed by atoms with Gasteiger partial charge in [-0.15, -0.1) is 0 Å². The van der Waals surface area contributed by atoms with Crippen LogP contribution in [0.15, 0.2) is 18.2 Å². The molecular weight excluding hydrogens is 184 g/mol. The van der Waals surface area contributed by atoms with Gasteiger partial charge in [-0.05, 0) is 42.5 Å². The first kappa shape index (κ1) is 9.22. The van der Waals surface area contributed by atoms with Gasteiger partial charge in [0.05, 0.1) is 6.04 Å². The minimum atomic E-state index is 0.699. The van der Waals surface area contributed by atoms with Gasteiger partial charge in [0.25, 0.3) is 0 Å². The second-order valence-corrected chi connectivity index (χ2v) is 4.73. The van der Waals surface area contributed by atoms with Gasteiger partial charge in [0.15, 0.2) is 0 Å². The Morgan fingerprint density at radius 1 is 1.20 bits per heavy atom. The molecule has 1 aromatic carbocycles. The quantitative estimate of drug-likeness (QED) is 0.783. The van der Waals surface area contributed by atoms with Gasteiger partial charge in [-0.2, -0.15) is 0 Å². The number of fused-ring (bicyclic) bond motifs is 1. The van der Waals surface area contributed by atoms with Crippen LogP contribution in [0, 0.1) is 0 Å². The van der Waals surface area contributed by atoms with Gasteiger partial charge in [0, 0.05) is 25.8 Å². The van der Waals surface area contributed by atoms with E-state index >= 15 is 0 Å². The summed E-state index contributed by atoms with van der Waals surface area (Å²) in [7, 11) is 2.21. The van der Waals surface area contributed by atoms with Crippen LogP contribution in [-0.2, 0) is 12.8 Å². The Morgan fingerprint density at radius 3 is 2.73 bits per heavy atom. The van der Waals surface area contributed by atoms with Crippen LogP contribution in [-0.4, -0.2) is 26.2 Å². The van der Waals surface area contributed by atoms with Crippen LogP contribution in [0.3, 0.4) is 0 Å². The Bertz CT molecular complexity index is 369. The maximum Gasteiger partial charge on any atom is 0.0535 e. The van der Waals surface area contributed by atoms with Crippen LogP contribution >= 0.6 is 0 Å². The van der Waals surface area contributed by atoms with Crippen molar-refractivity contribution >= 4 is 5.69 Å². The fraction of sp³-hybridized carbons (Fsp3) is 0.538. The highest BCUT2D eigenvalue weighted by Gasteiger charge is 2.22. The normalized spacial score (nSPS) is 19.8. The first-order chi connectivity index (χ1) is 7.34. The number of benzene rings is 1. The largest absolute Gasteiger partial charge is 0.369 e. The summed E-state index contributed by atoms with van der Waals surface area (Å²) >= 11 is 0. The van der Waals surface area contributed by atoms with E-state index in [4.69, 9.17) is 0 Å². The van der Waals surface area contributed by atoms with Crippen LogP contribution in [0.25, 0.3) is 0 Å². The number of nitrogens with zero attached hydrogens (tertiary/aromatic N) is 1. The maximum atomic E-state index is 3.32. The Hall–Kier alpha value is -1.02. The number of nitrogens with one attached hydrogen (secondary N) is 1. The highest BCUT2D eigenvalue weighted by atomic mass is 15.2. The van der Waals surface area contributed by atoms with Crippen molar-refractivity contribution in [2.45, 2.75) is 25.3 Å². The molecule has 3 rings (SSSR count). The number of hydrogen-bond acceptors (Lipinski definition) is 2. The zero-order valence-electron chi connectivity index (χ0n) is 9.29. The zero-order valence-corrected chi connectivity index (χ0v) is 9.29. The predicted octanol–water partition coefficient (Wildman–Crippen LogP) is 1.58. The third kappa shape index (κ3) is 1.53. The average molecular weight is 202 g/mol. The molecule has 2 aliphatic rings. The summed E-state index contributed by atoms with van der Waals surface area (Å²) in [5.74, 6) is 0. The number of hydrogen-bond donors (Lipinski definition) is 1. The molecule has 15 heavy (non-hydrogen) atoms. The minimum Gasteiger partial charge on any atom is -0.369 e. The van der Waals surface area contributed by atoms with Crippen molar-refractivity contribution in [2.75, 3.05) is 25.0 Å². The van der Waals surface area contributed by atoms with E-state index in [2.05, 4.69) is 35.5 Å². The highest BCUT2D eigenvalue weighted by Crippen LogP contribution is 2.27. The van der Waals surface area contributed by atoms with Crippen LogP contribution in [0.1, 0.15) is 17.5 Å². The lowest BCUT2D eigenvalue weighted by molar-refractivity contribution is 0.428. The molecule has 0 spiro atoms. The first-order valence-corrected chi connectivity index (χ1v) is 5.90. The van der Waals surface area contributed by atoms with Gasteiger partial charge < -0.3 is 10.2 Å². The molecule has 1 saturated heterocycles. The summed E-state index contributed by atoms with van der Waals surface area (Å²) < 4.78 is 0. The molecule has 2 heteroatoms. The zero-order chi connectivity index (χ0) is 10.3. The molecule has 1 aliphatic heterocycles. The third-order valence-corrected chi connectivity index (χ3v) is 3.80. The molecule has 0 saturated carbocycles. The molecule has 1 aromatic rings. The molecule has 0 unspecified atom stereocenters. The molecule has 1 aliphatic carbocycles. The predicted molar refractivity (Wildman–Crippen MR) is 63.5 cm³/mol. The van der Waals surface area contributed by atoms with Gasteiger partial charge >= 0.3 is 0 Å². The third-order valence-electron chi connectivity index (χ3n) is 3.80. The van der Waals surface area contributed by atoms with Gasteiger partial charge in [0.1, 0.15) is 0 Å². The van der Waals surface area contributed by atoms with Crippen molar-refractivity contribution in [1.82, 2.24) is 5.32 Å². The minimum absolute atomic E-state index is 0.699. The lowest BCUT2D eigenvalue weighted by Gasteiger charge is -2.37. The smallest absolute Gasteiger partial charge is 0.0535 e. The van der Waals surface area contributed by atoms with E-state index in [1.54, 1.807) is 11.1 Å². The molecule has 0 bridgehead atoms. The van der Waals surface area contributed by atoms with E-state index in [0.29, 0.717) is 6.04 Å². The van der Waals surface area contributed by atoms with Crippen molar-refractivity contribution in [2.24, 2.45) is 0 Å². The molecule has 1 fully saturated rings. The second kappa shape index (κ2) is 3.53. The Morgan fingerprint density at radius 2 is 2.00 bits per heavy atom. The summed E-state index contributed by atoms with van der Waals surface area (Å²) in [5, 5.41) is 3.32. The van der Waals surface area contributed by atoms with Crippen molar-refractivity contribution in [3.63, 3.8) is 0 Å². The first-order valence-electron chi connectivity index (χ1n) is 5.90. The summed E-state index contributed by atoms with van der Waals surface area (Å²) in [6.07, 6.45) is 3.90. The number of rotatable bonds is 2. The van der Waals surface area contributed by atoms with Crippen LogP contribution in [0.5, 0.6) is 0 Å². The Balaban J connectivity index is 1.85. The SMILES string of the molecule is CN(c1ccc2c(c1)CCC2)C1CNC1. The molecule has 1 heterocycles. The van der Waals surface area contributed by atoms with Gasteiger partial charge in [-0.25, -0.2) is 0 Å². The molecular formula is C13H18N2. The van der Waals surface area contributed by atoms with Crippen molar-refractivity contribution in [3.05, 3.63) is 29.3 Å². The molecule has 0 amide bonds. The fourth-order valence-corrected chi connectivity index (χ4v) is 2.54. The standard InChI is InChI=1S/C13H18N2/c1-15(13-8-14-9-13)12-6-5-10-3-2-4-11(10)7-12/h5-7,13-14H,2-4,8-9H2,1H3. The Kier molecular flexibility index (Phi) is 2.17. The lowest BCUT2D eigenvalue weighted by Crippen LogP contribution is -2.56. The number of likely N-dealkylation sites (N-methyl/N-ethyl adjacent to an activating group) is 1. The monoisotopic (exact) mass is 202 g/mol. The molecule has 2 nitrogen and oxygen atoms in total. The molecule has 0 aromatic heterocycles. The van der Waals surface area contributed by atoms with E-state index in [0.717, 1.165) is 13.1 Å². The summed E-state index contributed by atoms with van der Waals surface area (Å²) in [5.41, 5.74) is 4.53. The summed E-state index contributed by atoms with van der Waals surface area (Å²) in [6.45, 7) is 2.27.